The van der Waals surface area contributed by atoms with E-state index in [0.29, 0.717) is 10.7 Å². The molecular weight excluding hydrogens is 253 g/mol. The minimum Gasteiger partial charge on any atom is -0.288 e. The Morgan fingerprint density at radius 1 is 1.35 bits per heavy atom. The predicted octanol–water partition coefficient (Wildman–Crippen LogP) is 3.51. The summed E-state index contributed by atoms with van der Waals surface area (Å²) in [5.74, 6) is 0. The van der Waals surface area contributed by atoms with Crippen molar-refractivity contribution in [3.63, 3.8) is 0 Å². The molecule has 0 amide bonds. The summed E-state index contributed by atoms with van der Waals surface area (Å²) in [6.07, 6.45) is -2.70. The van der Waals surface area contributed by atoms with Crippen LogP contribution in [0.25, 0.3) is 0 Å². The second-order valence-corrected chi connectivity index (χ2v) is 4.49. The maximum Gasteiger partial charge on any atom is 0.401 e. The highest BCUT2D eigenvalue weighted by molar-refractivity contribution is 6.29. The van der Waals surface area contributed by atoms with Crippen molar-refractivity contribution in [1.29, 1.82) is 0 Å². The molecule has 17 heavy (non-hydrogen) atoms. The molecule has 0 N–H and O–H groups in total. The lowest BCUT2D eigenvalue weighted by atomic mass is 10.2. The number of aromatic nitrogens is 1. The van der Waals surface area contributed by atoms with Gasteiger partial charge in [-0.25, -0.2) is 4.98 Å². The van der Waals surface area contributed by atoms with Crippen molar-refractivity contribution in [2.24, 2.45) is 0 Å². The molecule has 1 heterocycles. The number of alkyl halides is 3. The molecule has 0 spiro atoms. The van der Waals surface area contributed by atoms with Gasteiger partial charge in [-0.15, -0.1) is 0 Å². The van der Waals surface area contributed by atoms with Gasteiger partial charge in [0.1, 0.15) is 5.15 Å². The first kappa shape index (κ1) is 14.3. The Hall–Kier alpha value is -0.810. The number of halogens is 4. The molecular formula is C11H14ClF3N2. The summed E-state index contributed by atoms with van der Waals surface area (Å²) in [5, 5.41) is 0.334. The van der Waals surface area contributed by atoms with E-state index in [1.165, 1.54) is 11.1 Å². The first-order chi connectivity index (χ1) is 7.78. The highest BCUT2D eigenvalue weighted by Crippen LogP contribution is 2.20. The molecule has 6 heteroatoms. The molecule has 0 unspecified atom stereocenters. The fourth-order valence-corrected chi connectivity index (χ4v) is 1.50. The molecule has 1 aromatic rings. The van der Waals surface area contributed by atoms with Crippen molar-refractivity contribution < 1.29 is 13.2 Å². The molecule has 0 atom stereocenters. The van der Waals surface area contributed by atoms with Gasteiger partial charge in [-0.2, -0.15) is 13.2 Å². The average molecular weight is 267 g/mol. The van der Waals surface area contributed by atoms with E-state index in [2.05, 4.69) is 4.98 Å². The SMILES string of the molecule is CC(C)N(Cc1ccc(Cl)nc1)CC(F)(F)F. The zero-order valence-corrected chi connectivity index (χ0v) is 10.4. The first-order valence-electron chi connectivity index (χ1n) is 5.19. The summed E-state index contributed by atoms with van der Waals surface area (Å²) in [5.41, 5.74) is 0.715. The van der Waals surface area contributed by atoms with Gasteiger partial charge in [0.25, 0.3) is 0 Å². The molecule has 0 aliphatic heterocycles. The van der Waals surface area contributed by atoms with Crippen LogP contribution >= 0.6 is 11.6 Å². The molecule has 1 aromatic heterocycles. The molecule has 0 saturated heterocycles. The standard InChI is InChI=1S/C11H14ClF3N2/c1-8(2)17(7-11(13,14)15)6-9-3-4-10(12)16-5-9/h3-5,8H,6-7H2,1-2H3. The second kappa shape index (κ2) is 5.69. The van der Waals surface area contributed by atoms with Gasteiger partial charge in [0, 0.05) is 18.8 Å². The van der Waals surface area contributed by atoms with E-state index < -0.39 is 12.7 Å². The number of rotatable bonds is 4. The summed E-state index contributed by atoms with van der Waals surface area (Å²) >= 11 is 5.61. The zero-order valence-electron chi connectivity index (χ0n) is 9.63. The van der Waals surface area contributed by atoms with E-state index in [1.807, 2.05) is 0 Å². The number of hydrogen-bond donors (Lipinski definition) is 0. The Labute approximate surface area is 103 Å². The normalized spacial score (nSPS) is 12.5. The molecule has 0 saturated carbocycles. The van der Waals surface area contributed by atoms with Gasteiger partial charge >= 0.3 is 6.18 Å². The van der Waals surface area contributed by atoms with Crippen LogP contribution in [0.5, 0.6) is 0 Å². The van der Waals surface area contributed by atoms with Crippen LogP contribution in [0.4, 0.5) is 13.2 Å². The minimum atomic E-state index is -4.19. The molecule has 0 aromatic carbocycles. The van der Waals surface area contributed by atoms with Gasteiger partial charge in [-0.3, -0.25) is 4.90 Å². The fourth-order valence-electron chi connectivity index (χ4n) is 1.39. The van der Waals surface area contributed by atoms with Crippen LogP contribution < -0.4 is 0 Å². The van der Waals surface area contributed by atoms with Crippen LogP contribution in [0, 0.1) is 0 Å². The van der Waals surface area contributed by atoms with Crippen molar-refractivity contribution in [3.8, 4) is 0 Å². The van der Waals surface area contributed by atoms with E-state index in [9.17, 15) is 13.2 Å². The Bertz CT molecular complexity index is 349. The fraction of sp³-hybridized carbons (Fsp3) is 0.545. The van der Waals surface area contributed by atoms with Gasteiger partial charge in [0.15, 0.2) is 0 Å². The second-order valence-electron chi connectivity index (χ2n) is 4.10. The van der Waals surface area contributed by atoms with Gasteiger partial charge in [0.2, 0.25) is 0 Å². The van der Waals surface area contributed by atoms with E-state index in [-0.39, 0.29) is 12.6 Å². The first-order valence-corrected chi connectivity index (χ1v) is 5.57. The molecule has 2 nitrogen and oxygen atoms in total. The summed E-state index contributed by atoms with van der Waals surface area (Å²) in [4.78, 5) is 5.18. The lowest BCUT2D eigenvalue weighted by molar-refractivity contribution is -0.150. The molecule has 0 bridgehead atoms. The quantitative estimate of drug-likeness (QED) is 0.776. The van der Waals surface area contributed by atoms with Crippen LogP contribution in [-0.4, -0.2) is 28.6 Å². The zero-order chi connectivity index (χ0) is 13.1. The Kier molecular flexibility index (Phi) is 4.77. The molecule has 0 radical (unpaired) electrons. The van der Waals surface area contributed by atoms with Crippen molar-refractivity contribution in [2.75, 3.05) is 6.54 Å². The van der Waals surface area contributed by atoms with Crippen molar-refractivity contribution in [2.45, 2.75) is 32.6 Å². The summed E-state index contributed by atoms with van der Waals surface area (Å²) in [6, 6.07) is 3.07. The highest BCUT2D eigenvalue weighted by atomic mass is 35.5. The van der Waals surface area contributed by atoms with Gasteiger partial charge in [0.05, 0.1) is 6.54 Å². The van der Waals surface area contributed by atoms with E-state index in [4.69, 9.17) is 11.6 Å². The average Bonchev–Trinajstić information content (AvgIpc) is 2.18. The van der Waals surface area contributed by atoms with Crippen LogP contribution in [0.1, 0.15) is 19.4 Å². The van der Waals surface area contributed by atoms with Crippen LogP contribution in [0.15, 0.2) is 18.3 Å². The number of pyridine rings is 1. The van der Waals surface area contributed by atoms with Crippen molar-refractivity contribution in [3.05, 3.63) is 29.0 Å². The van der Waals surface area contributed by atoms with E-state index in [0.717, 1.165) is 0 Å². The summed E-state index contributed by atoms with van der Waals surface area (Å²) in [7, 11) is 0. The third-order valence-electron chi connectivity index (χ3n) is 2.29. The molecule has 0 fully saturated rings. The molecule has 96 valence electrons. The predicted molar refractivity (Wildman–Crippen MR) is 60.8 cm³/mol. The van der Waals surface area contributed by atoms with Gasteiger partial charge in [-0.1, -0.05) is 17.7 Å². The van der Waals surface area contributed by atoms with Crippen LogP contribution in [0.2, 0.25) is 5.15 Å². The number of nitrogens with zero attached hydrogens (tertiary/aromatic N) is 2. The van der Waals surface area contributed by atoms with Gasteiger partial charge < -0.3 is 0 Å². The third-order valence-corrected chi connectivity index (χ3v) is 2.51. The highest BCUT2D eigenvalue weighted by Gasteiger charge is 2.31. The van der Waals surface area contributed by atoms with Crippen LogP contribution in [0.3, 0.4) is 0 Å². The van der Waals surface area contributed by atoms with Gasteiger partial charge in [-0.05, 0) is 25.5 Å². The van der Waals surface area contributed by atoms with Crippen LogP contribution in [-0.2, 0) is 6.54 Å². The maximum absolute atomic E-state index is 12.4. The largest absolute Gasteiger partial charge is 0.401 e. The Morgan fingerprint density at radius 3 is 2.41 bits per heavy atom. The summed E-state index contributed by atoms with van der Waals surface area (Å²) < 4.78 is 37.1. The lowest BCUT2D eigenvalue weighted by Crippen LogP contribution is -2.38. The topological polar surface area (TPSA) is 16.1 Å². The van der Waals surface area contributed by atoms with E-state index in [1.54, 1.807) is 26.0 Å². The third kappa shape index (κ3) is 5.37. The van der Waals surface area contributed by atoms with Crippen molar-refractivity contribution >= 4 is 11.6 Å². The van der Waals surface area contributed by atoms with E-state index >= 15 is 0 Å². The monoisotopic (exact) mass is 266 g/mol. The summed E-state index contributed by atoms with van der Waals surface area (Å²) in [6.45, 7) is 2.75. The smallest absolute Gasteiger partial charge is 0.288 e. The molecule has 1 rings (SSSR count). The molecule has 0 aliphatic carbocycles. The molecule has 0 aliphatic rings. The Morgan fingerprint density at radius 2 is 2.00 bits per heavy atom. The minimum absolute atomic E-state index is 0.188. The number of hydrogen-bond acceptors (Lipinski definition) is 2. The van der Waals surface area contributed by atoms with Crippen molar-refractivity contribution in [1.82, 2.24) is 9.88 Å². The lowest BCUT2D eigenvalue weighted by Gasteiger charge is -2.27. The maximum atomic E-state index is 12.4. The Balaban J connectivity index is 2.70.